The Hall–Kier alpha value is -2.63. The van der Waals surface area contributed by atoms with Gasteiger partial charge in [0.15, 0.2) is 12.0 Å². The van der Waals surface area contributed by atoms with Gasteiger partial charge in [0.2, 0.25) is 5.88 Å². The van der Waals surface area contributed by atoms with Crippen molar-refractivity contribution < 1.29 is 18.7 Å². The van der Waals surface area contributed by atoms with Crippen molar-refractivity contribution in [2.75, 3.05) is 18.0 Å². The molecule has 0 radical (unpaired) electrons. The number of carbonyl (C=O) groups is 1. The van der Waals surface area contributed by atoms with Crippen LogP contribution < -0.4 is 14.4 Å². The molecule has 1 aromatic carbocycles. The molecule has 30 heavy (non-hydrogen) atoms. The van der Waals surface area contributed by atoms with Gasteiger partial charge in [-0.25, -0.2) is 9.37 Å². The topological polar surface area (TPSA) is 51.7 Å². The van der Waals surface area contributed by atoms with Gasteiger partial charge in [-0.2, -0.15) is 0 Å². The number of benzene rings is 1. The third-order valence-corrected chi connectivity index (χ3v) is 5.29. The second-order valence-corrected chi connectivity index (χ2v) is 8.25. The molecule has 3 atom stereocenters. The fourth-order valence-electron chi connectivity index (χ4n) is 3.61. The van der Waals surface area contributed by atoms with Crippen LogP contribution in [0.25, 0.3) is 0 Å². The third-order valence-electron chi connectivity index (χ3n) is 5.29. The van der Waals surface area contributed by atoms with Gasteiger partial charge in [0.05, 0.1) is 12.6 Å². The Bertz CT molecular complexity index is 839. The molecule has 2 heterocycles. The van der Waals surface area contributed by atoms with E-state index in [1.54, 1.807) is 6.20 Å². The first-order valence-electron chi connectivity index (χ1n) is 10.6. The van der Waals surface area contributed by atoms with Crippen LogP contribution in [0.4, 0.5) is 10.1 Å². The Morgan fingerprint density at radius 3 is 2.60 bits per heavy atom. The summed E-state index contributed by atoms with van der Waals surface area (Å²) in [7, 11) is 0. The molecule has 1 aromatic heterocycles. The van der Waals surface area contributed by atoms with Crippen molar-refractivity contribution in [1.82, 2.24) is 4.98 Å². The van der Waals surface area contributed by atoms with Crippen LogP contribution in [0.15, 0.2) is 42.6 Å². The molecular formula is C24H31FN2O3. The predicted octanol–water partition coefficient (Wildman–Crippen LogP) is 4.95. The summed E-state index contributed by atoms with van der Waals surface area (Å²) >= 11 is 0. The van der Waals surface area contributed by atoms with Gasteiger partial charge in [-0.15, -0.1) is 0 Å². The minimum Gasteiger partial charge on any atom is -0.489 e. The van der Waals surface area contributed by atoms with E-state index in [4.69, 9.17) is 9.47 Å². The van der Waals surface area contributed by atoms with Gasteiger partial charge < -0.3 is 14.4 Å². The normalized spacial score (nSPS) is 18.3. The molecule has 1 aliphatic rings. The summed E-state index contributed by atoms with van der Waals surface area (Å²) in [6.07, 6.45) is 1.70. The van der Waals surface area contributed by atoms with E-state index in [0.29, 0.717) is 5.88 Å². The Morgan fingerprint density at radius 2 is 1.93 bits per heavy atom. The smallest absolute Gasteiger partial charge is 0.215 e. The van der Waals surface area contributed by atoms with Gasteiger partial charge in [-0.1, -0.05) is 19.1 Å². The van der Waals surface area contributed by atoms with Gasteiger partial charge >= 0.3 is 0 Å². The van der Waals surface area contributed by atoms with E-state index in [1.165, 1.54) is 6.92 Å². The van der Waals surface area contributed by atoms with Gasteiger partial charge in [0, 0.05) is 37.3 Å². The molecule has 1 fully saturated rings. The van der Waals surface area contributed by atoms with Crippen LogP contribution in [0, 0.1) is 0 Å². The molecule has 0 bridgehead atoms. The summed E-state index contributed by atoms with van der Waals surface area (Å²) < 4.78 is 25.0. The van der Waals surface area contributed by atoms with Crippen molar-refractivity contribution in [2.45, 2.75) is 64.8 Å². The lowest BCUT2D eigenvalue weighted by Gasteiger charge is -2.20. The van der Waals surface area contributed by atoms with Gasteiger partial charge in [-0.05, 0) is 50.5 Å². The van der Waals surface area contributed by atoms with Gasteiger partial charge in [0.25, 0.3) is 0 Å². The van der Waals surface area contributed by atoms with Crippen LogP contribution >= 0.6 is 0 Å². The van der Waals surface area contributed by atoms with Crippen LogP contribution in [0.3, 0.4) is 0 Å². The first kappa shape index (κ1) is 22.1. The largest absolute Gasteiger partial charge is 0.489 e. The number of ketones is 1. The molecule has 0 amide bonds. The fourth-order valence-corrected chi connectivity index (χ4v) is 3.61. The van der Waals surface area contributed by atoms with Crippen molar-refractivity contribution in [2.24, 2.45) is 0 Å². The molecule has 162 valence electrons. The summed E-state index contributed by atoms with van der Waals surface area (Å²) in [6.45, 7) is 8.91. The first-order chi connectivity index (χ1) is 14.3. The maximum absolute atomic E-state index is 13.1. The molecule has 6 heteroatoms. The molecular weight excluding hydrogens is 383 g/mol. The Kier molecular flexibility index (Phi) is 7.29. The quantitative estimate of drug-likeness (QED) is 0.581. The van der Waals surface area contributed by atoms with Gasteiger partial charge in [0.1, 0.15) is 11.9 Å². The molecule has 0 saturated carbocycles. The van der Waals surface area contributed by atoms with Crippen molar-refractivity contribution >= 4 is 11.5 Å². The number of halogens is 1. The maximum atomic E-state index is 13.1. The van der Waals surface area contributed by atoms with E-state index in [9.17, 15) is 9.18 Å². The van der Waals surface area contributed by atoms with Crippen molar-refractivity contribution in [3.05, 3.63) is 48.2 Å². The summed E-state index contributed by atoms with van der Waals surface area (Å²) in [5, 5.41) is 0. The average molecular weight is 415 g/mol. The van der Waals surface area contributed by atoms with Crippen LogP contribution in [-0.2, 0) is 4.79 Å². The SMILES string of the molecule is CC(C)Oc1cc(N2CCC(Oc3ccc([C@H](C)CC(=O)C(C)F)cc3)C2)ccn1. The Labute approximate surface area is 178 Å². The molecule has 2 unspecified atom stereocenters. The van der Waals surface area contributed by atoms with Crippen molar-refractivity contribution in [3.63, 3.8) is 0 Å². The standard InChI is InChI=1S/C24H31FN2O3/c1-16(2)29-24-14-20(9-11-26-24)27-12-10-22(15-27)30-21-7-5-19(6-8-21)17(3)13-23(28)18(4)25/h5-9,11,14,16-18,22H,10,12-13,15H2,1-4H3/t17-,18?,22?/m1/s1. The van der Waals surface area contributed by atoms with Gasteiger partial charge in [-0.3, -0.25) is 4.79 Å². The summed E-state index contributed by atoms with van der Waals surface area (Å²) in [6, 6.07) is 11.7. The molecule has 0 N–H and O–H groups in total. The van der Waals surface area contributed by atoms with E-state index in [2.05, 4.69) is 9.88 Å². The molecule has 0 spiro atoms. The highest BCUT2D eigenvalue weighted by Gasteiger charge is 2.25. The highest BCUT2D eigenvalue weighted by molar-refractivity contribution is 5.83. The minimum absolute atomic E-state index is 0.0133. The monoisotopic (exact) mass is 414 g/mol. The van der Waals surface area contributed by atoms with E-state index in [1.807, 2.05) is 57.2 Å². The Balaban J connectivity index is 1.55. The lowest BCUT2D eigenvalue weighted by molar-refractivity contribution is -0.123. The molecule has 1 aliphatic heterocycles. The molecule has 5 nitrogen and oxygen atoms in total. The second-order valence-electron chi connectivity index (χ2n) is 8.25. The zero-order valence-electron chi connectivity index (χ0n) is 18.2. The average Bonchev–Trinajstić information content (AvgIpc) is 3.16. The number of ether oxygens (including phenoxy) is 2. The van der Waals surface area contributed by atoms with Crippen molar-refractivity contribution in [3.8, 4) is 11.6 Å². The number of alkyl halides is 1. The number of nitrogens with zero attached hydrogens (tertiary/aromatic N) is 2. The van der Waals surface area contributed by atoms with E-state index < -0.39 is 6.17 Å². The molecule has 2 aromatic rings. The summed E-state index contributed by atoms with van der Waals surface area (Å²) in [4.78, 5) is 18.2. The zero-order valence-corrected chi connectivity index (χ0v) is 18.2. The van der Waals surface area contributed by atoms with Crippen LogP contribution in [0.1, 0.15) is 52.0 Å². The number of pyridine rings is 1. The number of hydrogen-bond acceptors (Lipinski definition) is 5. The number of Topliss-reactive ketones (excluding diaryl/α,β-unsaturated/α-hetero) is 1. The predicted molar refractivity (Wildman–Crippen MR) is 116 cm³/mol. The zero-order chi connectivity index (χ0) is 21.7. The van der Waals surface area contributed by atoms with Crippen molar-refractivity contribution in [1.29, 1.82) is 0 Å². The molecule has 3 rings (SSSR count). The lowest BCUT2D eigenvalue weighted by Crippen LogP contribution is -2.24. The fraction of sp³-hybridized carbons (Fsp3) is 0.500. The summed E-state index contributed by atoms with van der Waals surface area (Å²) in [5.74, 6) is 1.08. The number of hydrogen-bond donors (Lipinski definition) is 0. The second kappa shape index (κ2) is 9.92. The van der Waals surface area contributed by atoms with Crippen LogP contribution in [0.5, 0.6) is 11.6 Å². The number of anilines is 1. The maximum Gasteiger partial charge on any atom is 0.215 e. The highest BCUT2D eigenvalue weighted by atomic mass is 19.1. The van der Waals surface area contributed by atoms with E-state index >= 15 is 0 Å². The van der Waals surface area contributed by atoms with E-state index in [-0.39, 0.29) is 30.3 Å². The lowest BCUT2D eigenvalue weighted by atomic mass is 9.94. The minimum atomic E-state index is -1.41. The highest BCUT2D eigenvalue weighted by Crippen LogP contribution is 2.27. The number of aromatic nitrogens is 1. The first-order valence-corrected chi connectivity index (χ1v) is 10.6. The molecule has 1 saturated heterocycles. The van der Waals surface area contributed by atoms with E-state index in [0.717, 1.165) is 36.5 Å². The molecule has 0 aliphatic carbocycles. The van der Waals surface area contributed by atoms with Crippen LogP contribution in [0.2, 0.25) is 0 Å². The Morgan fingerprint density at radius 1 is 1.20 bits per heavy atom. The van der Waals surface area contributed by atoms with Crippen LogP contribution in [-0.4, -0.2) is 42.2 Å². The third kappa shape index (κ3) is 5.94. The number of rotatable bonds is 9. The summed E-state index contributed by atoms with van der Waals surface area (Å²) in [5.41, 5.74) is 2.10. The number of carbonyl (C=O) groups excluding carboxylic acids is 1.